The van der Waals surface area contributed by atoms with Crippen LogP contribution in [-0.2, 0) is 9.47 Å². The van der Waals surface area contributed by atoms with Gasteiger partial charge in [0.15, 0.2) is 0 Å². The van der Waals surface area contributed by atoms with Crippen molar-refractivity contribution < 1.29 is 19.1 Å². The molecule has 0 spiro atoms. The van der Waals surface area contributed by atoms with Crippen molar-refractivity contribution in [3.05, 3.63) is 120 Å². The largest absolute Gasteiger partial charge is 0.465 e. The Balaban J connectivity index is 0.000000157. The standard InChI is InChI=1S/C20H14N2O2.C14H9ClN2O2/c1-24-20(23)14-7-8-15-17-12-21-10-9-16(17)19(22-18(15)11-14)13-5-3-2-4-6-13;1-19-14(18)8-2-3-9-11-7-16-5-4-10(11)13(15)17-12(9)6-8/h2-12H,1H3;2-7H,1H3. The quantitative estimate of drug-likeness (QED) is 0.119. The second-order valence-electron chi connectivity index (χ2n) is 9.52. The van der Waals surface area contributed by atoms with Gasteiger partial charge in [-0.25, -0.2) is 19.6 Å². The van der Waals surface area contributed by atoms with Gasteiger partial charge in [-0.2, -0.15) is 0 Å². The third-order valence-electron chi connectivity index (χ3n) is 7.04. The Hall–Kier alpha value is -5.47. The molecule has 0 atom stereocenters. The minimum Gasteiger partial charge on any atom is -0.465 e. The number of carbonyl (C=O) groups is 2. The molecule has 0 aliphatic carbocycles. The van der Waals surface area contributed by atoms with E-state index in [2.05, 4.69) is 15.0 Å². The molecule has 0 unspecified atom stereocenters. The van der Waals surface area contributed by atoms with Crippen molar-refractivity contribution in [1.29, 1.82) is 0 Å². The van der Waals surface area contributed by atoms with E-state index in [1.807, 2.05) is 60.8 Å². The van der Waals surface area contributed by atoms with Gasteiger partial charge >= 0.3 is 11.9 Å². The molecule has 0 saturated heterocycles. The molecule has 0 bridgehead atoms. The summed E-state index contributed by atoms with van der Waals surface area (Å²) in [6, 6.07) is 24.4. The highest BCUT2D eigenvalue weighted by molar-refractivity contribution is 6.35. The van der Waals surface area contributed by atoms with E-state index in [1.165, 1.54) is 14.2 Å². The van der Waals surface area contributed by atoms with Gasteiger partial charge in [0.2, 0.25) is 0 Å². The topological polar surface area (TPSA) is 104 Å². The number of aromatic nitrogens is 4. The van der Waals surface area contributed by atoms with E-state index in [-0.39, 0.29) is 5.97 Å². The normalized spacial score (nSPS) is 10.9. The van der Waals surface area contributed by atoms with Crippen LogP contribution in [0.15, 0.2) is 104 Å². The molecule has 9 heteroatoms. The lowest BCUT2D eigenvalue weighted by Crippen LogP contribution is -2.01. The fourth-order valence-corrected chi connectivity index (χ4v) is 5.22. The molecule has 7 rings (SSSR count). The highest BCUT2D eigenvalue weighted by Crippen LogP contribution is 2.32. The number of hydrogen-bond acceptors (Lipinski definition) is 8. The van der Waals surface area contributed by atoms with Crippen LogP contribution in [0, 0.1) is 0 Å². The van der Waals surface area contributed by atoms with Crippen LogP contribution in [0.1, 0.15) is 20.7 Å². The molecule has 7 aromatic rings. The third-order valence-corrected chi connectivity index (χ3v) is 7.32. The monoisotopic (exact) mass is 586 g/mol. The Morgan fingerprint density at radius 1 is 0.605 bits per heavy atom. The number of halogens is 1. The summed E-state index contributed by atoms with van der Waals surface area (Å²) in [5.41, 5.74) is 4.23. The number of fused-ring (bicyclic) bond motifs is 6. The average molecular weight is 587 g/mol. The number of esters is 2. The summed E-state index contributed by atoms with van der Waals surface area (Å²) in [7, 11) is 2.72. The summed E-state index contributed by atoms with van der Waals surface area (Å²) in [6.07, 6.45) is 7.02. The van der Waals surface area contributed by atoms with Crippen LogP contribution in [0.2, 0.25) is 5.15 Å². The van der Waals surface area contributed by atoms with Crippen molar-refractivity contribution in [2.24, 2.45) is 0 Å². The molecular formula is C34H23ClN4O4. The first-order valence-electron chi connectivity index (χ1n) is 13.2. The lowest BCUT2D eigenvalue weighted by Gasteiger charge is -2.10. The van der Waals surface area contributed by atoms with E-state index in [0.717, 1.165) is 49.1 Å². The predicted molar refractivity (Wildman–Crippen MR) is 167 cm³/mol. The zero-order valence-corrected chi connectivity index (χ0v) is 23.9. The maximum Gasteiger partial charge on any atom is 0.337 e. The first-order valence-corrected chi connectivity index (χ1v) is 13.6. The average Bonchev–Trinajstić information content (AvgIpc) is 3.07. The smallest absolute Gasteiger partial charge is 0.337 e. The van der Waals surface area contributed by atoms with Crippen molar-refractivity contribution in [2.45, 2.75) is 0 Å². The van der Waals surface area contributed by atoms with Crippen molar-refractivity contribution in [3.63, 3.8) is 0 Å². The molecule has 4 aromatic heterocycles. The van der Waals surface area contributed by atoms with Crippen LogP contribution in [0.25, 0.3) is 54.6 Å². The zero-order chi connectivity index (χ0) is 29.9. The van der Waals surface area contributed by atoms with E-state index < -0.39 is 5.97 Å². The van der Waals surface area contributed by atoms with Gasteiger partial charge in [-0.05, 0) is 36.4 Å². The lowest BCUT2D eigenvalue weighted by molar-refractivity contribution is 0.0592. The summed E-state index contributed by atoms with van der Waals surface area (Å²) in [6.45, 7) is 0. The predicted octanol–water partition coefficient (Wildman–Crippen LogP) is 7.46. The summed E-state index contributed by atoms with van der Waals surface area (Å²) in [4.78, 5) is 40.8. The second kappa shape index (κ2) is 11.8. The molecule has 0 fully saturated rings. The van der Waals surface area contributed by atoms with E-state index >= 15 is 0 Å². The van der Waals surface area contributed by atoms with E-state index in [0.29, 0.717) is 21.8 Å². The van der Waals surface area contributed by atoms with Crippen molar-refractivity contribution >= 4 is 66.9 Å². The van der Waals surface area contributed by atoms with E-state index in [1.54, 1.807) is 42.9 Å². The van der Waals surface area contributed by atoms with E-state index in [9.17, 15) is 9.59 Å². The molecule has 0 N–H and O–H groups in total. The van der Waals surface area contributed by atoms with Gasteiger partial charge in [0.25, 0.3) is 0 Å². The van der Waals surface area contributed by atoms with Crippen LogP contribution in [0.4, 0.5) is 0 Å². The van der Waals surface area contributed by atoms with Crippen LogP contribution in [0.5, 0.6) is 0 Å². The molecule has 8 nitrogen and oxygen atoms in total. The molecule has 4 heterocycles. The molecule has 3 aromatic carbocycles. The number of rotatable bonds is 3. The number of ether oxygens (including phenoxy) is 2. The SMILES string of the molecule is COC(=O)c1ccc2c(c1)nc(-c1ccccc1)c1ccncc12.COC(=O)c1ccc2c(c1)nc(Cl)c1ccncc12. The number of pyridine rings is 4. The molecule has 0 radical (unpaired) electrons. The molecule has 0 aliphatic rings. The van der Waals surface area contributed by atoms with Crippen LogP contribution >= 0.6 is 11.6 Å². The first-order chi connectivity index (χ1) is 21.0. The first kappa shape index (κ1) is 27.7. The third kappa shape index (κ3) is 5.31. The van der Waals surface area contributed by atoms with Gasteiger partial charge in [-0.1, -0.05) is 54.1 Å². The molecule has 0 amide bonds. The lowest BCUT2D eigenvalue weighted by atomic mass is 10.0. The number of hydrogen-bond donors (Lipinski definition) is 0. The zero-order valence-electron chi connectivity index (χ0n) is 23.1. The highest BCUT2D eigenvalue weighted by Gasteiger charge is 2.13. The Bertz CT molecular complexity index is 2170. The number of benzene rings is 3. The van der Waals surface area contributed by atoms with Crippen LogP contribution < -0.4 is 0 Å². The number of nitrogens with zero attached hydrogens (tertiary/aromatic N) is 4. The summed E-state index contributed by atoms with van der Waals surface area (Å²) >= 11 is 6.15. The Labute approximate surface area is 250 Å². The van der Waals surface area contributed by atoms with Gasteiger partial charge in [-0.3, -0.25) is 9.97 Å². The van der Waals surface area contributed by atoms with Gasteiger partial charge in [0, 0.05) is 62.7 Å². The minimum atomic E-state index is -0.397. The molecular weight excluding hydrogens is 564 g/mol. The summed E-state index contributed by atoms with van der Waals surface area (Å²) < 4.78 is 9.50. The maximum absolute atomic E-state index is 11.8. The van der Waals surface area contributed by atoms with Crippen LogP contribution in [0.3, 0.4) is 0 Å². The Morgan fingerprint density at radius 3 is 1.72 bits per heavy atom. The molecule has 0 aliphatic heterocycles. The van der Waals surface area contributed by atoms with E-state index in [4.69, 9.17) is 26.1 Å². The number of methoxy groups -OCH3 is 2. The minimum absolute atomic E-state index is 0.369. The van der Waals surface area contributed by atoms with Gasteiger partial charge in [0.1, 0.15) is 5.15 Å². The van der Waals surface area contributed by atoms with Crippen molar-refractivity contribution in [3.8, 4) is 11.3 Å². The van der Waals surface area contributed by atoms with Crippen molar-refractivity contribution in [2.75, 3.05) is 14.2 Å². The van der Waals surface area contributed by atoms with Crippen molar-refractivity contribution in [1.82, 2.24) is 19.9 Å². The Kier molecular flexibility index (Phi) is 7.59. The van der Waals surface area contributed by atoms with Gasteiger partial charge in [0.05, 0.1) is 42.1 Å². The molecule has 43 heavy (non-hydrogen) atoms. The summed E-state index contributed by atoms with van der Waals surface area (Å²) in [5.74, 6) is -0.766. The fraction of sp³-hybridized carbons (Fsp3) is 0.0588. The highest BCUT2D eigenvalue weighted by atomic mass is 35.5. The molecule has 210 valence electrons. The number of carbonyl (C=O) groups excluding carboxylic acids is 2. The van der Waals surface area contributed by atoms with Crippen LogP contribution in [-0.4, -0.2) is 46.1 Å². The van der Waals surface area contributed by atoms with Gasteiger partial charge < -0.3 is 9.47 Å². The summed E-state index contributed by atoms with van der Waals surface area (Å²) in [5, 5.41) is 6.06. The van der Waals surface area contributed by atoms with Gasteiger partial charge in [-0.15, -0.1) is 0 Å². The molecule has 0 saturated carbocycles. The maximum atomic E-state index is 11.8. The second-order valence-corrected chi connectivity index (χ2v) is 9.88. The fourth-order valence-electron chi connectivity index (χ4n) is 4.96. The Morgan fingerprint density at radius 2 is 1.14 bits per heavy atom.